The molecule has 4 nitrogen and oxygen atoms in total. The lowest BCUT2D eigenvalue weighted by Gasteiger charge is -2.09. The number of aryl methyl sites for hydroxylation is 1. The molecule has 100 valence electrons. The van der Waals surface area contributed by atoms with Crippen molar-refractivity contribution in [3.05, 3.63) is 28.8 Å². The van der Waals surface area contributed by atoms with E-state index in [-0.39, 0.29) is 12.5 Å². The standard InChI is InChI=1S/C13H18ClNO3/c1-10-4-5-11(14)12(8-10)18-9-13(16)15-6-3-7-17-2/h4-5,8H,3,6-7,9H2,1-2H3,(H,15,16). The van der Waals surface area contributed by atoms with Crippen molar-refractivity contribution in [2.24, 2.45) is 0 Å². The first kappa shape index (κ1) is 14.8. The van der Waals surface area contributed by atoms with Gasteiger partial charge in [-0.05, 0) is 31.0 Å². The Bertz CT molecular complexity index is 396. The average Bonchev–Trinajstić information content (AvgIpc) is 2.36. The lowest BCUT2D eigenvalue weighted by molar-refractivity contribution is -0.123. The van der Waals surface area contributed by atoms with Gasteiger partial charge in [0, 0.05) is 20.3 Å². The summed E-state index contributed by atoms with van der Waals surface area (Å²) < 4.78 is 10.2. The van der Waals surface area contributed by atoms with Crippen molar-refractivity contribution >= 4 is 17.5 Å². The second-order valence-corrected chi connectivity index (χ2v) is 4.33. The van der Waals surface area contributed by atoms with E-state index < -0.39 is 0 Å². The molecule has 1 aromatic carbocycles. The minimum absolute atomic E-state index is 0.0316. The van der Waals surface area contributed by atoms with E-state index in [2.05, 4.69) is 5.32 Å². The number of carbonyl (C=O) groups is 1. The van der Waals surface area contributed by atoms with Crippen molar-refractivity contribution in [2.45, 2.75) is 13.3 Å². The maximum atomic E-state index is 11.5. The summed E-state index contributed by atoms with van der Waals surface area (Å²) in [5, 5.41) is 3.24. The fourth-order valence-electron chi connectivity index (χ4n) is 1.36. The average molecular weight is 272 g/mol. The fraction of sp³-hybridized carbons (Fsp3) is 0.462. The van der Waals surface area contributed by atoms with Crippen molar-refractivity contribution in [1.82, 2.24) is 5.32 Å². The molecule has 1 rings (SSSR count). The molecule has 0 unspecified atom stereocenters. The number of ether oxygens (including phenoxy) is 2. The van der Waals surface area contributed by atoms with Gasteiger partial charge < -0.3 is 14.8 Å². The molecule has 18 heavy (non-hydrogen) atoms. The Kier molecular flexibility index (Phi) is 6.54. The van der Waals surface area contributed by atoms with Gasteiger partial charge in [0.25, 0.3) is 5.91 Å². The van der Waals surface area contributed by atoms with Gasteiger partial charge in [-0.25, -0.2) is 0 Å². The monoisotopic (exact) mass is 271 g/mol. The van der Waals surface area contributed by atoms with Crippen molar-refractivity contribution < 1.29 is 14.3 Å². The van der Waals surface area contributed by atoms with E-state index in [1.54, 1.807) is 19.2 Å². The zero-order valence-electron chi connectivity index (χ0n) is 10.7. The molecule has 0 saturated heterocycles. The number of hydrogen-bond acceptors (Lipinski definition) is 3. The number of nitrogens with one attached hydrogen (secondary N) is 1. The summed E-state index contributed by atoms with van der Waals surface area (Å²) in [5.41, 5.74) is 1.04. The number of benzene rings is 1. The fourth-order valence-corrected chi connectivity index (χ4v) is 1.53. The molecule has 0 atom stereocenters. The van der Waals surface area contributed by atoms with Gasteiger partial charge in [0.1, 0.15) is 5.75 Å². The molecule has 0 heterocycles. The molecule has 0 aliphatic carbocycles. The number of halogens is 1. The van der Waals surface area contributed by atoms with E-state index in [0.717, 1.165) is 12.0 Å². The molecule has 0 aromatic heterocycles. The molecule has 0 aliphatic heterocycles. The summed E-state index contributed by atoms with van der Waals surface area (Å²) in [6, 6.07) is 5.45. The van der Waals surface area contributed by atoms with Crippen LogP contribution in [0.5, 0.6) is 5.75 Å². The van der Waals surface area contributed by atoms with Gasteiger partial charge in [-0.2, -0.15) is 0 Å². The van der Waals surface area contributed by atoms with Gasteiger partial charge in [-0.15, -0.1) is 0 Å². The summed E-state index contributed by atoms with van der Waals surface area (Å²) in [4.78, 5) is 11.5. The smallest absolute Gasteiger partial charge is 0.257 e. The number of amides is 1. The summed E-state index contributed by atoms with van der Waals surface area (Å²) in [5.74, 6) is 0.368. The third kappa shape index (κ3) is 5.38. The normalized spacial score (nSPS) is 10.2. The van der Waals surface area contributed by atoms with Gasteiger partial charge in [0.15, 0.2) is 6.61 Å². The second-order valence-electron chi connectivity index (χ2n) is 3.92. The highest BCUT2D eigenvalue weighted by Gasteiger charge is 2.05. The molecule has 0 saturated carbocycles. The maximum Gasteiger partial charge on any atom is 0.257 e. The quantitative estimate of drug-likeness (QED) is 0.774. The summed E-state index contributed by atoms with van der Waals surface area (Å²) in [6.07, 6.45) is 0.785. The van der Waals surface area contributed by atoms with Crippen LogP contribution in [0.4, 0.5) is 0 Å². The van der Waals surface area contributed by atoms with Crippen molar-refractivity contribution in [1.29, 1.82) is 0 Å². The minimum Gasteiger partial charge on any atom is -0.482 e. The summed E-state index contributed by atoms with van der Waals surface area (Å²) >= 11 is 5.95. The Balaban J connectivity index is 2.31. The Labute approximate surface area is 112 Å². The largest absolute Gasteiger partial charge is 0.482 e. The highest BCUT2D eigenvalue weighted by Crippen LogP contribution is 2.24. The van der Waals surface area contributed by atoms with Crippen LogP contribution in [0, 0.1) is 6.92 Å². The molecule has 1 aromatic rings. The molecule has 0 aliphatic rings. The van der Waals surface area contributed by atoms with Crippen LogP contribution in [-0.4, -0.2) is 32.8 Å². The zero-order chi connectivity index (χ0) is 13.4. The zero-order valence-corrected chi connectivity index (χ0v) is 11.4. The number of methoxy groups -OCH3 is 1. The van der Waals surface area contributed by atoms with Gasteiger partial charge in [-0.1, -0.05) is 17.7 Å². The van der Waals surface area contributed by atoms with Gasteiger partial charge in [-0.3, -0.25) is 4.79 Å². The lowest BCUT2D eigenvalue weighted by atomic mass is 10.2. The first-order valence-corrected chi connectivity index (χ1v) is 6.16. The van der Waals surface area contributed by atoms with Crippen LogP contribution < -0.4 is 10.1 Å². The number of rotatable bonds is 7. The van der Waals surface area contributed by atoms with Crippen LogP contribution in [0.3, 0.4) is 0 Å². The molecule has 0 radical (unpaired) electrons. The Morgan fingerprint density at radius 3 is 2.94 bits per heavy atom. The second kappa shape index (κ2) is 7.95. The van der Waals surface area contributed by atoms with Crippen LogP contribution in [0.15, 0.2) is 18.2 Å². The first-order valence-electron chi connectivity index (χ1n) is 5.78. The van der Waals surface area contributed by atoms with E-state index in [0.29, 0.717) is 23.9 Å². The van der Waals surface area contributed by atoms with Crippen LogP contribution >= 0.6 is 11.6 Å². The van der Waals surface area contributed by atoms with Crippen molar-refractivity contribution in [3.8, 4) is 5.75 Å². The Morgan fingerprint density at radius 1 is 1.44 bits per heavy atom. The van der Waals surface area contributed by atoms with Gasteiger partial charge in [0.05, 0.1) is 5.02 Å². The molecule has 5 heteroatoms. The molecule has 1 N–H and O–H groups in total. The first-order chi connectivity index (χ1) is 8.63. The Hall–Kier alpha value is -1.26. The van der Waals surface area contributed by atoms with Crippen LogP contribution in [0.1, 0.15) is 12.0 Å². The van der Waals surface area contributed by atoms with E-state index >= 15 is 0 Å². The van der Waals surface area contributed by atoms with Gasteiger partial charge >= 0.3 is 0 Å². The maximum absolute atomic E-state index is 11.5. The molecule has 0 bridgehead atoms. The van der Waals surface area contributed by atoms with E-state index in [1.165, 1.54) is 0 Å². The van der Waals surface area contributed by atoms with E-state index in [1.807, 2.05) is 13.0 Å². The third-order valence-electron chi connectivity index (χ3n) is 2.29. The summed E-state index contributed by atoms with van der Waals surface area (Å²) in [6.45, 7) is 3.12. The number of hydrogen-bond donors (Lipinski definition) is 1. The highest BCUT2D eigenvalue weighted by atomic mass is 35.5. The predicted octanol–water partition coefficient (Wildman–Crippen LogP) is 2.18. The van der Waals surface area contributed by atoms with Crippen LogP contribution in [0.25, 0.3) is 0 Å². The molecule has 0 spiro atoms. The Morgan fingerprint density at radius 2 is 2.22 bits per heavy atom. The molecular formula is C13H18ClNO3. The summed E-state index contributed by atoms with van der Waals surface area (Å²) in [7, 11) is 1.63. The van der Waals surface area contributed by atoms with Crippen LogP contribution in [-0.2, 0) is 9.53 Å². The number of carbonyl (C=O) groups excluding carboxylic acids is 1. The predicted molar refractivity (Wildman–Crippen MR) is 71.2 cm³/mol. The van der Waals surface area contributed by atoms with E-state index in [9.17, 15) is 4.79 Å². The minimum atomic E-state index is -0.163. The third-order valence-corrected chi connectivity index (χ3v) is 2.61. The van der Waals surface area contributed by atoms with Crippen LogP contribution in [0.2, 0.25) is 5.02 Å². The van der Waals surface area contributed by atoms with E-state index in [4.69, 9.17) is 21.1 Å². The SMILES string of the molecule is COCCCNC(=O)COc1cc(C)ccc1Cl. The van der Waals surface area contributed by atoms with Crippen molar-refractivity contribution in [2.75, 3.05) is 26.9 Å². The molecule has 0 fully saturated rings. The van der Waals surface area contributed by atoms with Gasteiger partial charge in [0.2, 0.25) is 0 Å². The lowest BCUT2D eigenvalue weighted by Crippen LogP contribution is -2.30. The van der Waals surface area contributed by atoms with Crippen molar-refractivity contribution in [3.63, 3.8) is 0 Å². The highest BCUT2D eigenvalue weighted by molar-refractivity contribution is 6.32. The molecule has 1 amide bonds. The topological polar surface area (TPSA) is 47.6 Å². The molecular weight excluding hydrogens is 254 g/mol.